The Morgan fingerprint density at radius 3 is 2.31 bits per heavy atom. The van der Waals surface area contributed by atoms with E-state index in [0.717, 1.165) is 10.6 Å². The molecule has 0 bridgehead atoms. The Labute approximate surface area is 78.9 Å². The summed E-state index contributed by atoms with van der Waals surface area (Å²) in [6.45, 7) is 0. The highest BCUT2D eigenvalue weighted by Gasteiger charge is 2.03. The molecule has 0 radical (unpaired) electrons. The van der Waals surface area contributed by atoms with E-state index >= 15 is 0 Å². The molecular formula is C9H7NO2S. The average Bonchev–Trinajstić information content (AvgIpc) is 2.53. The molecule has 13 heavy (non-hydrogen) atoms. The van der Waals surface area contributed by atoms with Crippen molar-refractivity contribution in [3.63, 3.8) is 0 Å². The van der Waals surface area contributed by atoms with Crippen LogP contribution in [0.2, 0.25) is 0 Å². The molecule has 3 nitrogen and oxygen atoms in total. The van der Waals surface area contributed by atoms with Gasteiger partial charge in [-0.05, 0) is 12.1 Å². The van der Waals surface area contributed by atoms with Gasteiger partial charge in [-0.2, -0.15) is 0 Å². The third kappa shape index (κ3) is 1.62. The van der Waals surface area contributed by atoms with Crippen molar-refractivity contribution in [3.8, 4) is 22.1 Å². The highest BCUT2D eigenvalue weighted by atomic mass is 32.1. The van der Waals surface area contributed by atoms with Crippen molar-refractivity contribution < 1.29 is 10.2 Å². The number of benzene rings is 1. The van der Waals surface area contributed by atoms with Crippen molar-refractivity contribution in [2.75, 3.05) is 0 Å². The zero-order valence-electron chi connectivity index (χ0n) is 6.64. The van der Waals surface area contributed by atoms with Crippen molar-refractivity contribution in [3.05, 3.63) is 29.8 Å². The number of nitrogens with zero attached hydrogens (tertiary/aromatic N) is 1. The Hall–Kier alpha value is -1.55. The van der Waals surface area contributed by atoms with Crippen LogP contribution in [0.25, 0.3) is 10.6 Å². The lowest BCUT2D eigenvalue weighted by atomic mass is 10.2. The fraction of sp³-hybridized carbons (Fsp3) is 0. The number of phenolic OH excluding ortho intramolecular Hbond substituents is 2. The summed E-state index contributed by atoms with van der Waals surface area (Å²) >= 11 is 1.46. The number of phenols is 2. The first-order chi connectivity index (χ1) is 6.25. The smallest absolute Gasteiger partial charge is 0.123 e. The number of hydrogen-bond donors (Lipinski definition) is 2. The van der Waals surface area contributed by atoms with Crippen LogP contribution in [0.4, 0.5) is 0 Å². The summed E-state index contributed by atoms with van der Waals surface area (Å²) in [5, 5.41) is 21.0. The van der Waals surface area contributed by atoms with Crippen LogP contribution in [0.3, 0.4) is 0 Å². The number of thiazole rings is 1. The first kappa shape index (κ1) is 8.07. The minimum absolute atomic E-state index is 0.0465. The molecule has 2 aromatic rings. The van der Waals surface area contributed by atoms with E-state index in [4.69, 9.17) is 0 Å². The summed E-state index contributed by atoms with van der Waals surface area (Å²) in [6, 6.07) is 4.42. The molecule has 0 saturated heterocycles. The average molecular weight is 193 g/mol. The van der Waals surface area contributed by atoms with Crippen molar-refractivity contribution in [2.24, 2.45) is 0 Å². The second-order valence-corrected chi connectivity index (χ2v) is 3.47. The quantitative estimate of drug-likeness (QED) is 0.730. The predicted octanol–water partition coefficient (Wildman–Crippen LogP) is 2.22. The summed E-state index contributed by atoms with van der Waals surface area (Å²) < 4.78 is 0. The third-order valence-electron chi connectivity index (χ3n) is 1.58. The highest BCUT2D eigenvalue weighted by Crippen LogP contribution is 2.29. The van der Waals surface area contributed by atoms with Crippen LogP contribution in [-0.2, 0) is 0 Å². The molecule has 66 valence electrons. The molecular weight excluding hydrogens is 186 g/mol. The van der Waals surface area contributed by atoms with Gasteiger partial charge >= 0.3 is 0 Å². The van der Waals surface area contributed by atoms with Gasteiger partial charge in [-0.3, -0.25) is 0 Å². The van der Waals surface area contributed by atoms with Crippen LogP contribution in [0.5, 0.6) is 11.5 Å². The van der Waals surface area contributed by atoms with Gasteiger partial charge < -0.3 is 10.2 Å². The van der Waals surface area contributed by atoms with E-state index in [9.17, 15) is 10.2 Å². The van der Waals surface area contributed by atoms with Gasteiger partial charge in [-0.25, -0.2) is 4.98 Å². The minimum Gasteiger partial charge on any atom is -0.508 e. The summed E-state index contributed by atoms with van der Waals surface area (Å²) in [7, 11) is 0. The molecule has 1 aromatic heterocycles. The third-order valence-corrected chi connectivity index (χ3v) is 2.40. The van der Waals surface area contributed by atoms with Crippen molar-refractivity contribution in [1.29, 1.82) is 0 Å². The fourth-order valence-corrected chi connectivity index (χ4v) is 1.71. The van der Waals surface area contributed by atoms with Crippen LogP contribution in [0.1, 0.15) is 0 Å². The molecule has 0 aliphatic carbocycles. The maximum Gasteiger partial charge on any atom is 0.123 e. The Bertz CT molecular complexity index is 391. The molecule has 0 aliphatic heterocycles. The second kappa shape index (κ2) is 3.06. The highest BCUT2D eigenvalue weighted by molar-refractivity contribution is 7.13. The molecule has 0 saturated carbocycles. The lowest BCUT2D eigenvalue weighted by molar-refractivity contribution is 0.451. The monoisotopic (exact) mass is 193 g/mol. The minimum atomic E-state index is 0.0465. The van der Waals surface area contributed by atoms with Gasteiger partial charge in [0.15, 0.2) is 0 Å². The summed E-state index contributed by atoms with van der Waals surface area (Å²) in [5.74, 6) is 0.0930. The topological polar surface area (TPSA) is 53.4 Å². The van der Waals surface area contributed by atoms with Gasteiger partial charge in [0.25, 0.3) is 0 Å². The predicted molar refractivity (Wildman–Crippen MR) is 50.9 cm³/mol. The molecule has 0 unspecified atom stereocenters. The first-order valence-electron chi connectivity index (χ1n) is 3.68. The SMILES string of the molecule is Oc1cc(O)cc(-c2nccs2)c1. The zero-order chi connectivity index (χ0) is 9.26. The van der Waals surface area contributed by atoms with E-state index in [1.165, 1.54) is 17.4 Å². The fourth-order valence-electron chi connectivity index (χ4n) is 1.08. The van der Waals surface area contributed by atoms with Crippen LogP contribution >= 0.6 is 11.3 Å². The summed E-state index contributed by atoms with van der Waals surface area (Å²) in [5.41, 5.74) is 0.729. The molecule has 1 aromatic carbocycles. The van der Waals surface area contributed by atoms with Crippen LogP contribution < -0.4 is 0 Å². The zero-order valence-corrected chi connectivity index (χ0v) is 7.45. The van der Waals surface area contributed by atoms with Gasteiger partial charge in [0.2, 0.25) is 0 Å². The Balaban J connectivity index is 2.53. The molecule has 0 fully saturated rings. The largest absolute Gasteiger partial charge is 0.508 e. The van der Waals surface area contributed by atoms with Crippen LogP contribution in [0, 0.1) is 0 Å². The van der Waals surface area contributed by atoms with Gasteiger partial charge in [0.1, 0.15) is 16.5 Å². The number of aromatic hydroxyl groups is 2. The van der Waals surface area contributed by atoms with Crippen molar-refractivity contribution >= 4 is 11.3 Å². The van der Waals surface area contributed by atoms with Gasteiger partial charge in [0, 0.05) is 23.2 Å². The molecule has 0 amide bonds. The van der Waals surface area contributed by atoms with Crippen LogP contribution in [-0.4, -0.2) is 15.2 Å². The molecule has 2 N–H and O–H groups in total. The standard InChI is InChI=1S/C9H7NO2S/c11-7-3-6(4-8(12)5-7)9-10-1-2-13-9/h1-5,11-12H. The van der Waals surface area contributed by atoms with E-state index in [0.29, 0.717) is 0 Å². The van der Waals surface area contributed by atoms with E-state index in [1.54, 1.807) is 18.3 Å². The lowest BCUT2D eigenvalue weighted by Crippen LogP contribution is -1.75. The van der Waals surface area contributed by atoms with E-state index in [1.807, 2.05) is 5.38 Å². The lowest BCUT2D eigenvalue weighted by Gasteiger charge is -1.98. The second-order valence-electron chi connectivity index (χ2n) is 2.58. The van der Waals surface area contributed by atoms with Crippen LogP contribution in [0.15, 0.2) is 29.8 Å². The molecule has 0 spiro atoms. The molecule has 4 heteroatoms. The van der Waals surface area contributed by atoms with E-state index < -0.39 is 0 Å². The van der Waals surface area contributed by atoms with Gasteiger partial charge in [-0.15, -0.1) is 11.3 Å². The maximum atomic E-state index is 9.21. The summed E-state index contributed by atoms with van der Waals surface area (Å²) in [4.78, 5) is 4.06. The summed E-state index contributed by atoms with van der Waals surface area (Å²) in [6.07, 6.45) is 1.68. The Morgan fingerprint density at radius 2 is 1.77 bits per heavy atom. The molecule has 2 rings (SSSR count). The molecule has 0 aliphatic rings. The number of rotatable bonds is 1. The van der Waals surface area contributed by atoms with E-state index in [-0.39, 0.29) is 11.5 Å². The van der Waals surface area contributed by atoms with Gasteiger partial charge in [-0.1, -0.05) is 0 Å². The number of aromatic nitrogens is 1. The molecule has 0 atom stereocenters. The van der Waals surface area contributed by atoms with Gasteiger partial charge in [0.05, 0.1) is 0 Å². The molecule has 1 heterocycles. The van der Waals surface area contributed by atoms with Crippen molar-refractivity contribution in [2.45, 2.75) is 0 Å². The first-order valence-corrected chi connectivity index (χ1v) is 4.56. The number of hydrogen-bond acceptors (Lipinski definition) is 4. The maximum absolute atomic E-state index is 9.21. The van der Waals surface area contributed by atoms with E-state index in [2.05, 4.69) is 4.98 Å². The Kier molecular flexibility index (Phi) is 1.90. The Morgan fingerprint density at radius 1 is 1.08 bits per heavy atom. The normalized spacial score (nSPS) is 10.2. The van der Waals surface area contributed by atoms with Crippen molar-refractivity contribution in [1.82, 2.24) is 4.98 Å².